The lowest BCUT2D eigenvalue weighted by Gasteiger charge is -2.11. The minimum Gasteiger partial charge on any atom is -0.369 e. The molecule has 0 unspecified atom stereocenters. The van der Waals surface area contributed by atoms with Crippen LogP contribution in [0.4, 0.5) is 17.5 Å². The Bertz CT molecular complexity index is 593. The summed E-state index contributed by atoms with van der Waals surface area (Å²) < 4.78 is 1.01. The average molecular weight is 387 g/mol. The number of benzene rings is 1. The maximum atomic E-state index is 6.03. The SMILES string of the molecule is NCCCNc1nc(NNNc2ccc(Br)cc2)ncc1Cl. The summed E-state index contributed by atoms with van der Waals surface area (Å²) in [6.45, 7) is 1.32. The largest absolute Gasteiger partial charge is 0.369 e. The molecular weight excluding hydrogens is 370 g/mol. The highest BCUT2D eigenvalue weighted by Gasteiger charge is 2.04. The van der Waals surface area contributed by atoms with Gasteiger partial charge in [-0.25, -0.2) is 4.98 Å². The normalized spacial score (nSPS) is 10.3. The lowest BCUT2D eigenvalue weighted by Crippen LogP contribution is -2.29. The molecule has 1 aromatic carbocycles. The van der Waals surface area contributed by atoms with E-state index in [0.29, 0.717) is 29.9 Å². The third-order valence-corrected chi connectivity index (χ3v) is 3.45. The lowest BCUT2D eigenvalue weighted by atomic mass is 10.3. The predicted molar refractivity (Wildman–Crippen MR) is 93.7 cm³/mol. The molecule has 0 atom stereocenters. The van der Waals surface area contributed by atoms with Crippen molar-refractivity contribution in [2.24, 2.45) is 5.73 Å². The predicted octanol–water partition coefficient (Wildman–Crippen LogP) is 2.60. The second kappa shape index (κ2) is 8.74. The molecule has 0 saturated heterocycles. The van der Waals surface area contributed by atoms with Gasteiger partial charge in [0.05, 0.1) is 11.9 Å². The molecule has 22 heavy (non-hydrogen) atoms. The van der Waals surface area contributed by atoms with Crippen LogP contribution in [-0.4, -0.2) is 23.1 Å². The summed E-state index contributed by atoms with van der Waals surface area (Å²) in [7, 11) is 0. The Hall–Kier alpha value is -1.61. The van der Waals surface area contributed by atoms with E-state index in [-0.39, 0.29) is 0 Å². The fourth-order valence-electron chi connectivity index (χ4n) is 1.55. The summed E-state index contributed by atoms with van der Waals surface area (Å²) in [5, 5.41) is 3.57. The summed E-state index contributed by atoms with van der Waals surface area (Å²) in [6.07, 6.45) is 2.37. The van der Waals surface area contributed by atoms with Gasteiger partial charge in [-0.05, 0) is 37.2 Å². The Morgan fingerprint density at radius 1 is 1.18 bits per heavy atom. The molecule has 2 rings (SSSR count). The number of hydrazine groups is 2. The molecule has 0 aliphatic carbocycles. The van der Waals surface area contributed by atoms with Crippen LogP contribution in [-0.2, 0) is 0 Å². The number of nitrogens with two attached hydrogens (primary N) is 1. The van der Waals surface area contributed by atoms with Gasteiger partial charge in [0.2, 0.25) is 5.95 Å². The minimum atomic E-state index is 0.393. The van der Waals surface area contributed by atoms with Gasteiger partial charge in [0.15, 0.2) is 5.82 Å². The summed E-state index contributed by atoms with van der Waals surface area (Å²) in [5.41, 5.74) is 15.0. The number of hydrogen-bond acceptors (Lipinski definition) is 7. The van der Waals surface area contributed by atoms with E-state index >= 15 is 0 Å². The number of hydrogen-bond donors (Lipinski definition) is 5. The fraction of sp³-hybridized carbons (Fsp3) is 0.231. The number of nitrogens with one attached hydrogen (secondary N) is 4. The van der Waals surface area contributed by atoms with Crippen molar-refractivity contribution in [3.8, 4) is 0 Å². The van der Waals surface area contributed by atoms with Crippen molar-refractivity contribution in [1.82, 2.24) is 15.5 Å². The summed E-state index contributed by atoms with van der Waals surface area (Å²) >= 11 is 9.41. The Balaban J connectivity index is 1.86. The molecule has 9 heteroatoms. The van der Waals surface area contributed by atoms with Crippen molar-refractivity contribution >= 4 is 45.0 Å². The van der Waals surface area contributed by atoms with Crippen LogP contribution >= 0.6 is 27.5 Å². The Morgan fingerprint density at radius 2 is 1.95 bits per heavy atom. The molecular formula is C13H17BrClN7. The Kier molecular flexibility index (Phi) is 6.66. The van der Waals surface area contributed by atoms with Gasteiger partial charge in [-0.15, -0.1) is 5.53 Å². The van der Waals surface area contributed by atoms with Crippen LogP contribution in [0.25, 0.3) is 0 Å². The highest BCUT2D eigenvalue weighted by Crippen LogP contribution is 2.19. The monoisotopic (exact) mass is 385 g/mol. The van der Waals surface area contributed by atoms with Gasteiger partial charge in [0.25, 0.3) is 0 Å². The molecule has 0 saturated carbocycles. The van der Waals surface area contributed by atoms with Crippen LogP contribution < -0.4 is 27.4 Å². The van der Waals surface area contributed by atoms with Gasteiger partial charge in [-0.1, -0.05) is 27.5 Å². The van der Waals surface area contributed by atoms with E-state index < -0.39 is 0 Å². The molecule has 6 N–H and O–H groups in total. The van der Waals surface area contributed by atoms with Crippen molar-refractivity contribution in [1.29, 1.82) is 0 Å². The third-order valence-electron chi connectivity index (χ3n) is 2.64. The van der Waals surface area contributed by atoms with Crippen LogP contribution in [0, 0.1) is 0 Å². The van der Waals surface area contributed by atoms with Crippen LogP contribution in [0.3, 0.4) is 0 Å². The van der Waals surface area contributed by atoms with E-state index in [0.717, 1.165) is 16.6 Å². The van der Waals surface area contributed by atoms with Crippen LogP contribution in [0.1, 0.15) is 6.42 Å². The summed E-state index contributed by atoms with van der Waals surface area (Å²) in [4.78, 5) is 8.36. The smallest absolute Gasteiger partial charge is 0.240 e. The van der Waals surface area contributed by atoms with Crippen molar-refractivity contribution in [3.05, 3.63) is 40.0 Å². The van der Waals surface area contributed by atoms with Crippen LogP contribution in [0.15, 0.2) is 34.9 Å². The van der Waals surface area contributed by atoms with Crippen molar-refractivity contribution in [2.75, 3.05) is 29.3 Å². The van der Waals surface area contributed by atoms with Crippen molar-refractivity contribution in [3.63, 3.8) is 0 Å². The Labute approximate surface area is 142 Å². The zero-order valence-corrected chi connectivity index (χ0v) is 14.1. The zero-order chi connectivity index (χ0) is 15.8. The molecule has 0 aliphatic heterocycles. The molecule has 1 aromatic heterocycles. The van der Waals surface area contributed by atoms with Gasteiger partial charge in [0, 0.05) is 11.0 Å². The first-order valence-electron chi connectivity index (χ1n) is 6.68. The maximum absolute atomic E-state index is 6.03. The zero-order valence-electron chi connectivity index (χ0n) is 11.7. The van der Waals surface area contributed by atoms with Gasteiger partial charge in [-0.2, -0.15) is 4.98 Å². The van der Waals surface area contributed by atoms with Gasteiger partial charge in [-0.3, -0.25) is 5.43 Å². The standard InChI is InChI=1S/C13H17BrClN7/c14-9-2-4-10(5-3-9)20-22-21-13-18-8-11(15)12(19-13)17-7-1-6-16/h2-5,8,20,22H,1,6-7,16H2,(H2,17,18,19,21). The van der Waals surface area contributed by atoms with Gasteiger partial charge in [0.1, 0.15) is 5.02 Å². The van der Waals surface area contributed by atoms with E-state index in [1.54, 1.807) is 0 Å². The van der Waals surface area contributed by atoms with E-state index in [2.05, 4.69) is 47.6 Å². The van der Waals surface area contributed by atoms with Gasteiger partial charge >= 0.3 is 0 Å². The first kappa shape index (κ1) is 16.8. The molecule has 0 aliphatic rings. The number of nitrogens with zero attached hydrogens (tertiary/aromatic N) is 2. The lowest BCUT2D eigenvalue weighted by molar-refractivity contribution is 0.866. The van der Waals surface area contributed by atoms with E-state index in [4.69, 9.17) is 17.3 Å². The van der Waals surface area contributed by atoms with Crippen molar-refractivity contribution in [2.45, 2.75) is 6.42 Å². The number of anilines is 3. The summed E-state index contributed by atoms with van der Waals surface area (Å²) in [6, 6.07) is 7.70. The molecule has 2 aromatic rings. The highest BCUT2D eigenvalue weighted by atomic mass is 79.9. The van der Waals surface area contributed by atoms with Crippen LogP contribution in [0.2, 0.25) is 5.02 Å². The highest BCUT2D eigenvalue weighted by molar-refractivity contribution is 9.10. The molecule has 118 valence electrons. The first-order valence-corrected chi connectivity index (χ1v) is 7.85. The molecule has 0 fully saturated rings. The second-order valence-electron chi connectivity index (χ2n) is 4.34. The Morgan fingerprint density at radius 3 is 2.68 bits per heavy atom. The first-order chi connectivity index (χ1) is 10.7. The second-order valence-corrected chi connectivity index (χ2v) is 5.66. The minimum absolute atomic E-state index is 0.393. The molecule has 0 radical (unpaired) electrons. The molecule has 7 nitrogen and oxygen atoms in total. The van der Waals surface area contributed by atoms with Crippen molar-refractivity contribution < 1.29 is 0 Å². The van der Waals surface area contributed by atoms with E-state index in [1.165, 1.54) is 6.20 Å². The number of rotatable bonds is 8. The van der Waals surface area contributed by atoms with Gasteiger partial charge < -0.3 is 16.5 Å². The number of aromatic nitrogens is 2. The topological polar surface area (TPSA) is 99.9 Å². The third kappa shape index (κ3) is 5.30. The maximum Gasteiger partial charge on any atom is 0.240 e. The average Bonchev–Trinajstić information content (AvgIpc) is 2.52. The molecule has 1 heterocycles. The molecule has 0 bridgehead atoms. The quantitative estimate of drug-likeness (QED) is 0.351. The van der Waals surface area contributed by atoms with E-state index in [9.17, 15) is 0 Å². The fourth-order valence-corrected chi connectivity index (χ4v) is 1.97. The molecule has 0 amide bonds. The number of halogens is 2. The molecule has 0 spiro atoms. The van der Waals surface area contributed by atoms with Crippen LogP contribution in [0.5, 0.6) is 0 Å². The summed E-state index contributed by atoms with van der Waals surface area (Å²) in [5.74, 6) is 0.960. The van der Waals surface area contributed by atoms with E-state index in [1.807, 2.05) is 24.3 Å².